The molecule has 1 saturated carbocycles. The zero-order valence-corrected chi connectivity index (χ0v) is 7.23. The molecule has 1 saturated heterocycles. The minimum atomic E-state index is 0.454. The number of hydrogen-bond donors (Lipinski definition) is 1. The van der Waals surface area contributed by atoms with E-state index in [0.29, 0.717) is 5.41 Å². The van der Waals surface area contributed by atoms with Crippen LogP contribution < -0.4 is 5.32 Å². The van der Waals surface area contributed by atoms with Crippen molar-refractivity contribution >= 4 is 0 Å². The van der Waals surface area contributed by atoms with Crippen LogP contribution in [-0.4, -0.2) is 25.8 Å². The summed E-state index contributed by atoms with van der Waals surface area (Å²) in [5.41, 5.74) is 0.454. The predicted octanol–water partition coefficient (Wildman–Crippen LogP) is 1.17. The van der Waals surface area contributed by atoms with E-state index in [2.05, 4.69) is 12.2 Å². The highest BCUT2D eigenvalue weighted by molar-refractivity contribution is 4.86. The van der Waals surface area contributed by atoms with Crippen molar-refractivity contribution in [3.8, 4) is 0 Å². The van der Waals surface area contributed by atoms with Gasteiger partial charge in [0.1, 0.15) is 0 Å². The van der Waals surface area contributed by atoms with E-state index in [1.807, 2.05) is 0 Å². The lowest BCUT2D eigenvalue weighted by molar-refractivity contribution is -0.101. The summed E-state index contributed by atoms with van der Waals surface area (Å²) >= 11 is 0. The highest BCUT2D eigenvalue weighted by atomic mass is 16.5. The van der Waals surface area contributed by atoms with Crippen molar-refractivity contribution in [2.24, 2.45) is 5.41 Å². The van der Waals surface area contributed by atoms with Crippen molar-refractivity contribution in [2.45, 2.75) is 32.2 Å². The summed E-state index contributed by atoms with van der Waals surface area (Å²) in [6.45, 7) is 5.35. The second-order valence-corrected chi connectivity index (χ2v) is 4.31. The zero-order valence-electron chi connectivity index (χ0n) is 7.23. The topological polar surface area (TPSA) is 21.3 Å². The molecule has 0 atom stereocenters. The molecule has 2 nitrogen and oxygen atoms in total. The lowest BCUT2D eigenvalue weighted by atomic mass is 9.86. The van der Waals surface area contributed by atoms with Gasteiger partial charge in [-0.25, -0.2) is 0 Å². The van der Waals surface area contributed by atoms with Gasteiger partial charge in [-0.15, -0.1) is 0 Å². The Balaban J connectivity index is 1.64. The molecule has 0 aromatic heterocycles. The smallest absolute Gasteiger partial charge is 0.0554 e. The van der Waals surface area contributed by atoms with E-state index in [-0.39, 0.29) is 0 Å². The molecule has 2 rings (SSSR count). The van der Waals surface area contributed by atoms with Crippen molar-refractivity contribution in [2.75, 3.05) is 19.8 Å². The van der Waals surface area contributed by atoms with Crippen LogP contribution in [0.15, 0.2) is 0 Å². The van der Waals surface area contributed by atoms with E-state index >= 15 is 0 Å². The van der Waals surface area contributed by atoms with E-state index in [9.17, 15) is 0 Å². The molecule has 0 amide bonds. The average Bonchev–Trinajstić information content (AvgIpc) is 1.81. The van der Waals surface area contributed by atoms with Gasteiger partial charge < -0.3 is 10.1 Å². The lowest BCUT2D eigenvalue weighted by Crippen LogP contribution is -2.50. The Morgan fingerprint density at radius 3 is 2.55 bits per heavy atom. The minimum absolute atomic E-state index is 0.454. The van der Waals surface area contributed by atoms with Gasteiger partial charge in [0.25, 0.3) is 0 Å². The molecule has 0 spiro atoms. The maximum Gasteiger partial charge on any atom is 0.0554 e. The van der Waals surface area contributed by atoms with Crippen molar-refractivity contribution in [3.05, 3.63) is 0 Å². The SMILES string of the molecule is CC1(CNC2CCC2)COC1. The van der Waals surface area contributed by atoms with Crippen molar-refractivity contribution in [3.63, 3.8) is 0 Å². The van der Waals surface area contributed by atoms with Crippen LogP contribution in [0, 0.1) is 5.41 Å². The number of ether oxygens (including phenoxy) is 1. The van der Waals surface area contributed by atoms with E-state index in [1.54, 1.807) is 0 Å². The molecule has 0 aromatic rings. The predicted molar refractivity (Wildman–Crippen MR) is 44.6 cm³/mol. The monoisotopic (exact) mass is 155 g/mol. The first kappa shape index (κ1) is 7.56. The van der Waals surface area contributed by atoms with Gasteiger partial charge in [0.15, 0.2) is 0 Å². The van der Waals surface area contributed by atoms with Gasteiger partial charge in [0.2, 0.25) is 0 Å². The summed E-state index contributed by atoms with van der Waals surface area (Å²) in [6, 6.07) is 0.826. The molecule has 2 fully saturated rings. The molecule has 2 aliphatic rings. The first-order chi connectivity index (χ1) is 5.29. The normalized spacial score (nSPS) is 29.2. The molecule has 0 aromatic carbocycles. The molecule has 1 N–H and O–H groups in total. The highest BCUT2D eigenvalue weighted by Crippen LogP contribution is 2.27. The molecular formula is C9H17NO. The molecule has 0 bridgehead atoms. The Bertz CT molecular complexity index is 138. The van der Waals surface area contributed by atoms with Gasteiger partial charge in [0, 0.05) is 18.0 Å². The number of nitrogens with one attached hydrogen (secondary N) is 1. The van der Waals surface area contributed by atoms with E-state index in [0.717, 1.165) is 25.8 Å². The van der Waals surface area contributed by atoms with Crippen LogP contribution in [0.5, 0.6) is 0 Å². The molecular weight excluding hydrogens is 138 g/mol. The summed E-state index contributed by atoms with van der Waals surface area (Å²) in [7, 11) is 0. The van der Waals surface area contributed by atoms with Crippen LogP contribution in [-0.2, 0) is 4.74 Å². The summed E-state index contributed by atoms with van der Waals surface area (Å²) in [5.74, 6) is 0. The fourth-order valence-electron chi connectivity index (χ4n) is 1.56. The molecule has 1 heterocycles. The second-order valence-electron chi connectivity index (χ2n) is 4.31. The van der Waals surface area contributed by atoms with Gasteiger partial charge in [-0.2, -0.15) is 0 Å². The first-order valence-electron chi connectivity index (χ1n) is 4.60. The summed E-state index contributed by atoms with van der Waals surface area (Å²) < 4.78 is 5.18. The third-order valence-corrected chi connectivity index (χ3v) is 2.82. The molecule has 1 aliphatic heterocycles. The average molecular weight is 155 g/mol. The van der Waals surface area contributed by atoms with Crippen molar-refractivity contribution in [1.82, 2.24) is 5.32 Å². The Kier molecular flexibility index (Phi) is 1.90. The molecule has 0 radical (unpaired) electrons. The molecule has 0 unspecified atom stereocenters. The maximum absolute atomic E-state index is 5.18. The molecule has 11 heavy (non-hydrogen) atoms. The Labute approximate surface area is 68.3 Å². The van der Waals surface area contributed by atoms with Gasteiger partial charge >= 0.3 is 0 Å². The van der Waals surface area contributed by atoms with Gasteiger partial charge in [-0.05, 0) is 12.8 Å². The van der Waals surface area contributed by atoms with Crippen LogP contribution in [0.2, 0.25) is 0 Å². The third-order valence-electron chi connectivity index (χ3n) is 2.82. The van der Waals surface area contributed by atoms with E-state index in [4.69, 9.17) is 4.74 Å². The Morgan fingerprint density at radius 1 is 1.45 bits per heavy atom. The molecule has 64 valence electrons. The highest BCUT2D eigenvalue weighted by Gasteiger charge is 2.34. The standard InChI is InChI=1S/C9H17NO/c1-9(6-11-7-9)5-10-8-3-2-4-8/h8,10H,2-7H2,1H3. The van der Waals surface area contributed by atoms with Crippen LogP contribution in [0.1, 0.15) is 26.2 Å². The number of rotatable bonds is 3. The lowest BCUT2D eigenvalue weighted by Gasteiger charge is -2.40. The Morgan fingerprint density at radius 2 is 2.18 bits per heavy atom. The minimum Gasteiger partial charge on any atom is -0.380 e. The first-order valence-corrected chi connectivity index (χ1v) is 4.60. The van der Waals surface area contributed by atoms with Crippen LogP contribution in [0.25, 0.3) is 0 Å². The summed E-state index contributed by atoms with van der Waals surface area (Å²) in [5, 5.41) is 3.58. The Hall–Kier alpha value is -0.0800. The van der Waals surface area contributed by atoms with Crippen molar-refractivity contribution < 1.29 is 4.74 Å². The molecule has 1 aliphatic carbocycles. The van der Waals surface area contributed by atoms with Crippen LogP contribution in [0.4, 0.5) is 0 Å². The number of hydrogen-bond acceptors (Lipinski definition) is 2. The summed E-state index contributed by atoms with van der Waals surface area (Å²) in [6.07, 6.45) is 4.19. The van der Waals surface area contributed by atoms with E-state index in [1.165, 1.54) is 19.3 Å². The van der Waals surface area contributed by atoms with Gasteiger partial charge in [-0.3, -0.25) is 0 Å². The second kappa shape index (κ2) is 2.76. The third kappa shape index (κ3) is 1.57. The van der Waals surface area contributed by atoms with Gasteiger partial charge in [-0.1, -0.05) is 13.3 Å². The van der Waals surface area contributed by atoms with Crippen LogP contribution in [0.3, 0.4) is 0 Å². The largest absolute Gasteiger partial charge is 0.380 e. The van der Waals surface area contributed by atoms with Crippen LogP contribution >= 0.6 is 0 Å². The maximum atomic E-state index is 5.18. The van der Waals surface area contributed by atoms with E-state index < -0.39 is 0 Å². The van der Waals surface area contributed by atoms with Crippen molar-refractivity contribution in [1.29, 1.82) is 0 Å². The summed E-state index contributed by atoms with van der Waals surface area (Å²) in [4.78, 5) is 0. The van der Waals surface area contributed by atoms with Gasteiger partial charge in [0.05, 0.1) is 13.2 Å². The fourth-order valence-corrected chi connectivity index (χ4v) is 1.56. The molecule has 2 heteroatoms. The quantitative estimate of drug-likeness (QED) is 0.660. The fraction of sp³-hybridized carbons (Fsp3) is 1.00. The zero-order chi connectivity index (χ0) is 7.73.